The Labute approximate surface area is 240 Å². The molecule has 2 fully saturated rings. The molecule has 1 aliphatic carbocycles. The first-order chi connectivity index (χ1) is 19.4. The molecule has 5 rings (SSSR count). The summed E-state index contributed by atoms with van der Waals surface area (Å²) in [6.07, 6.45) is 8.72. The summed E-state index contributed by atoms with van der Waals surface area (Å²) in [5.41, 5.74) is 6.26. The van der Waals surface area contributed by atoms with Crippen molar-refractivity contribution in [2.75, 3.05) is 38.3 Å². The molecule has 218 valence electrons. The van der Waals surface area contributed by atoms with E-state index in [-0.39, 0.29) is 23.8 Å². The number of pyridine rings is 1. The van der Waals surface area contributed by atoms with Crippen LogP contribution in [-0.4, -0.2) is 66.9 Å². The average Bonchev–Trinajstić information content (AvgIpc) is 3.60. The molecular formula is C32H47N5O3. The Kier molecular flexibility index (Phi) is 11.3. The molecule has 1 aromatic heterocycles. The number of aryl methyl sites for hydroxylation is 1. The van der Waals surface area contributed by atoms with E-state index < -0.39 is 0 Å². The van der Waals surface area contributed by atoms with E-state index in [4.69, 9.17) is 4.74 Å². The molecule has 8 nitrogen and oxygen atoms in total. The Morgan fingerprint density at radius 2 is 1.98 bits per heavy atom. The third-order valence-electron chi connectivity index (χ3n) is 7.72. The molecule has 1 aromatic rings. The zero-order valence-corrected chi connectivity index (χ0v) is 25.6. The minimum Gasteiger partial charge on any atom is -0.381 e. The fourth-order valence-electron chi connectivity index (χ4n) is 5.60. The van der Waals surface area contributed by atoms with Gasteiger partial charge in [-0.15, -0.1) is 0 Å². The van der Waals surface area contributed by atoms with Gasteiger partial charge in [0.2, 0.25) is 11.8 Å². The monoisotopic (exact) mass is 549 g/mol. The van der Waals surface area contributed by atoms with E-state index in [1.54, 1.807) is 7.05 Å². The lowest BCUT2D eigenvalue weighted by atomic mass is 10.0. The fraction of sp³-hybridized carbons (Fsp3) is 0.562. The Morgan fingerprint density at radius 3 is 2.65 bits per heavy atom. The first kappa shape index (κ1) is 31.3. The van der Waals surface area contributed by atoms with Crippen molar-refractivity contribution in [3.8, 4) is 0 Å². The van der Waals surface area contributed by atoms with Crippen LogP contribution < -0.4 is 10.2 Å². The topological polar surface area (TPSA) is 87.1 Å². The quantitative estimate of drug-likeness (QED) is 0.417. The highest BCUT2D eigenvalue weighted by Crippen LogP contribution is 2.31. The van der Waals surface area contributed by atoms with E-state index >= 15 is 0 Å². The summed E-state index contributed by atoms with van der Waals surface area (Å²) in [5.74, 6) is 1.94. The molecule has 2 amide bonds. The molecule has 2 unspecified atom stereocenters. The lowest BCUT2D eigenvalue weighted by molar-refractivity contribution is -0.123. The number of carbonyl (C=O) groups excluding carboxylic acids is 2. The number of amides is 2. The molecule has 0 aromatic carbocycles. The van der Waals surface area contributed by atoms with Crippen molar-refractivity contribution in [1.29, 1.82) is 0 Å². The van der Waals surface area contributed by atoms with Crippen molar-refractivity contribution < 1.29 is 14.3 Å². The Hall–Kier alpha value is -3.26. The largest absolute Gasteiger partial charge is 0.381 e. The Bertz CT molecular complexity index is 1210. The molecule has 2 atom stereocenters. The lowest BCUT2D eigenvalue weighted by Crippen LogP contribution is -2.47. The number of allylic oxidation sites excluding steroid dienone is 3. The first-order valence-electron chi connectivity index (χ1n) is 14.8. The van der Waals surface area contributed by atoms with Crippen molar-refractivity contribution in [2.24, 2.45) is 10.9 Å². The number of hydrogen-bond donors (Lipinski definition) is 1. The van der Waals surface area contributed by atoms with Crippen LogP contribution in [0.15, 0.2) is 51.8 Å². The van der Waals surface area contributed by atoms with Gasteiger partial charge < -0.3 is 15.0 Å². The molecule has 0 radical (unpaired) electrons. The maximum absolute atomic E-state index is 13.3. The van der Waals surface area contributed by atoms with E-state index in [0.717, 1.165) is 64.6 Å². The third-order valence-corrected chi connectivity index (χ3v) is 7.72. The van der Waals surface area contributed by atoms with Crippen molar-refractivity contribution in [1.82, 2.24) is 15.2 Å². The van der Waals surface area contributed by atoms with Gasteiger partial charge in [0, 0.05) is 51.0 Å². The molecule has 1 N–H and O–H groups in total. The number of hydrogen-bond acceptors (Lipinski definition) is 5. The maximum atomic E-state index is 13.3. The molecule has 4 aliphatic rings. The van der Waals surface area contributed by atoms with Crippen molar-refractivity contribution >= 4 is 23.5 Å². The predicted molar refractivity (Wildman–Crippen MR) is 162 cm³/mol. The molecule has 3 aliphatic heterocycles. The van der Waals surface area contributed by atoms with Crippen LogP contribution in [0.25, 0.3) is 0 Å². The molecule has 40 heavy (non-hydrogen) atoms. The van der Waals surface area contributed by atoms with Gasteiger partial charge in [0.05, 0.1) is 6.61 Å². The van der Waals surface area contributed by atoms with Gasteiger partial charge in [-0.1, -0.05) is 57.1 Å². The van der Waals surface area contributed by atoms with Gasteiger partial charge in [-0.3, -0.25) is 19.5 Å². The van der Waals surface area contributed by atoms with Crippen LogP contribution in [0.2, 0.25) is 0 Å². The lowest BCUT2D eigenvalue weighted by Gasteiger charge is -2.31. The maximum Gasteiger partial charge on any atom is 0.246 e. The van der Waals surface area contributed by atoms with Gasteiger partial charge >= 0.3 is 0 Å². The smallest absolute Gasteiger partial charge is 0.246 e. The third kappa shape index (κ3) is 6.72. The molecule has 0 spiro atoms. The van der Waals surface area contributed by atoms with Gasteiger partial charge in [0.1, 0.15) is 17.7 Å². The highest BCUT2D eigenvalue weighted by molar-refractivity contribution is 5.96. The fourth-order valence-corrected chi connectivity index (χ4v) is 5.60. The molecule has 0 saturated carbocycles. The zero-order valence-electron chi connectivity index (χ0n) is 25.6. The second-order valence-corrected chi connectivity index (χ2v) is 10.2. The summed E-state index contributed by atoms with van der Waals surface area (Å²) in [6.45, 7) is 16.6. The van der Waals surface area contributed by atoms with Gasteiger partial charge in [-0.2, -0.15) is 0 Å². The van der Waals surface area contributed by atoms with Gasteiger partial charge in [-0.25, -0.2) is 4.98 Å². The number of anilines is 1. The van der Waals surface area contributed by atoms with E-state index in [0.29, 0.717) is 32.5 Å². The Balaban J connectivity index is 0.00000106. The van der Waals surface area contributed by atoms with E-state index in [1.165, 1.54) is 0 Å². The molecule has 4 heterocycles. The summed E-state index contributed by atoms with van der Waals surface area (Å²) in [6, 6.07) is 1.78. The summed E-state index contributed by atoms with van der Waals surface area (Å²) >= 11 is 0. The van der Waals surface area contributed by atoms with Crippen LogP contribution in [0, 0.1) is 12.8 Å². The van der Waals surface area contributed by atoms with E-state index in [1.807, 2.05) is 52.6 Å². The van der Waals surface area contributed by atoms with E-state index in [2.05, 4.69) is 45.3 Å². The molecular weight excluding hydrogens is 502 g/mol. The molecule has 0 bridgehead atoms. The molecule has 8 heteroatoms. The van der Waals surface area contributed by atoms with Crippen LogP contribution in [0.1, 0.15) is 71.9 Å². The first-order valence-corrected chi connectivity index (χ1v) is 14.8. The predicted octanol–water partition coefficient (Wildman–Crippen LogP) is 5.14. The van der Waals surface area contributed by atoms with E-state index in [9.17, 15) is 9.59 Å². The zero-order chi connectivity index (χ0) is 29.4. The van der Waals surface area contributed by atoms with Crippen LogP contribution in [0.5, 0.6) is 0 Å². The second-order valence-electron chi connectivity index (χ2n) is 10.2. The standard InChI is InChI=1S/C28H35N5O3.2C2H6/c1-17-11-21-7-9-32(27(21)30-14-17)25(34)13-20-5-6-24-23(12-18(20)2)15-33(19(3)28(35)31-24)26(29-4)22-8-10-36-16-22;2*1-2/h6,11-12,14,19,22H,5,7-10,13,15-16H2,1-4H3,(H,31,35);2*1-2H3. The Morgan fingerprint density at radius 1 is 1.23 bits per heavy atom. The number of aromatic nitrogens is 1. The summed E-state index contributed by atoms with van der Waals surface area (Å²) in [4.78, 5) is 39.5. The van der Waals surface area contributed by atoms with Crippen molar-refractivity contribution in [3.05, 3.63) is 58.0 Å². The number of rotatable bonds is 3. The van der Waals surface area contributed by atoms with Crippen LogP contribution in [0.3, 0.4) is 0 Å². The number of fused-ring (bicyclic) bond motifs is 2. The highest BCUT2D eigenvalue weighted by Gasteiger charge is 2.35. The summed E-state index contributed by atoms with van der Waals surface area (Å²) in [5, 5.41) is 3.13. The second kappa shape index (κ2) is 14.4. The number of nitrogens with one attached hydrogen (secondary N) is 1. The van der Waals surface area contributed by atoms with Crippen LogP contribution in [-0.2, 0) is 20.7 Å². The van der Waals surface area contributed by atoms with Crippen LogP contribution >= 0.6 is 0 Å². The normalized spacial score (nSPS) is 22.4. The highest BCUT2D eigenvalue weighted by atomic mass is 16.5. The van der Waals surface area contributed by atoms with Gasteiger partial charge in [0.25, 0.3) is 0 Å². The van der Waals surface area contributed by atoms with Crippen molar-refractivity contribution in [2.45, 2.75) is 80.2 Å². The minimum atomic E-state index is -0.338. The number of aliphatic imine (C=N–C) groups is 1. The molecule has 2 saturated heterocycles. The van der Waals surface area contributed by atoms with Gasteiger partial charge in [-0.05, 0) is 56.7 Å². The number of ether oxygens (including phenoxy) is 1. The van der Waals surface area contributed by atoms with Crippen molar-refractivity contribution in [3.63, 3.8) is 0 Å². The minimum absolute atomic E-state index is 0.0445. The number of amidine groups is 1. The SMILES string of the molecule is CC.CC.CN=C(C1CCOC1)N1CC2=CC(C)=C(CC(=O)N3CCc4cc(C)cnc43)CC=C2NC(=O)C1C. The average molecular weight is 550 g/mol. The summed E-state index contributed by atoms with van der Waals surface area (Å²) < 4.78 is 5.61. The van der Waals surface area contributed by atoms with Crippen LogP contribution in [0.4, 0.5) is 5.82 Å². The summed E-state index contributed by atoms with van der Waals surface area (Å²) in [7, 11) is 1.79. The number of nitrogens with zero attached hydrogens (tertiary/aromatic N) is 4. The van der Waals surface area contributed by atoms with Gasteiger partial charge in [0.15, 0.2) is 0 Å². The number of carbonyl (C=O) groups is 2.